The minimum absolute atomic E-state index is 0.0387. The van der Waals surface area contributed by atoms with Gasteiger partial charge in [0.15, 0.2) is 11.3 Å². The number of fused-ring (bicyclic) bond motifs is 1. The molecule has 7 heteroatoms. The first-order valence-electron chi connectivity index (χ1n) is 9.19. The van der Waals surface area contributed by atoms with E-state index in [1.54, 1.807) is 61.7 Å². The van der Waals surface area contributed by atoms with Gasteiger partial charge in [-0.25, -0.2) is 14.4 Å². The Hall–Kier alpha value is -4.00. The summed E-state index contributed by atoms with van der Waals surface area (Å²) in [5, 5.41) is 3.35. The van der Waals surface area contributed by atoms with E-state index in [-0.39, 0.29) is 16.8 Å². The quantitative estimate of drug-likeness (QED) is 0.533. The number of aromatic nitrogens is 1. The van der Waals surface area contributed by atoms with Crippen molar-refractivity contribution in [1.29, 1.82) is 0 Å². The smallest absolute Gasteiger partial charge is 0.262 e. The molecule has 2 aromatic carbocycles. The summed E-state index contributed by atoms with van der Waals surface area (Å²) in [5.41, 5.74) is 1.33. The zero-order valence-electron chi connectivity index (χ0n) is 16.3. The van der Waals surface area contributed by atoms with Crippen LogP contribution in [-0.2, 0) is 0 Å². The van der Waals surface area contributed by atoms with Crippen LogP contribution in [-0.4, -0.2) is 18.0 Å². The fourth-order valence-electron chi connectivity index (χ4n) is 2.96. The molecule has 1 N–H and O–H groups in total. The minimum Gasteiger partial charge on any atom is -0.493 e. The van der Waals surface area contributed by atoms with Gasteiger partial charge in [-0.15, -0.1) is 0 Å². The van der Waals surface area contributed by atoms with Gasteiger partial charge in [0.2, 0.25) is 5.55 Å². The molecule has 0 aliphatic rings. The van der Waals surface area contributed by atoms with E-state index in [2.05, 4.69) is 15.3 Å². The number of methoxy groups -OCH3 is 1. The molecule has 0 saturated heterocycles. The highest BCUT2D eigenvalue weighted by Gasteiger charge is 2.16. The molecule has 0 atom stereocenters. The van der Waals surface area contributed by atoms with E-state index in [0.29, 0.717) is 22.5 Å². The van der Waals surface area contributed by atoms with Gasteiger partial charge < -0.3 is 14.5 Å². The highest BCUT2D eigenvalue weighted by Crippen LogP contribution is 2.25. The highest BCUT2D eigenvalue weighted by atomic mass is 19.1. The molecule has 0 radical (unpaired) electrons. The van der Waals surface area contributed by atoms with E-state index >= 15 is 0 Å². The van der Waals surface area contributed by atoms with Crippen molar-refractivity contribution in [2.45, 2.75) is 6.92 Å². The molecule has 30 heavy (non-hydrogen) atoms. The van der Waals surface area contributed by atoms with Gasteiger partial charge in [-0.2, -0.15) is 0 Å². The first-order valence-corrected chi connectivity index (χ1v) is 9.19. The summed E-state index contributed by atoms with van der Waals surface area (Å²) >= 11 is 0. The Labute approximate surface area is 171 Å². The van der Waals surface area contributed by atoms with Crippen LogP contribution in [0.15, 0.2) is 76.3 Å². The third kappa shape index (κ3) is 3.91. The number of nitrogens with one attached hydrogen (secondary N) is 1. The molecule has 150 valence electrons. The number of aryl methyl sites for hydroxylation is 1. The second-order valence-electron chi connectivity index (χ2n) is 6.58. The van der Waals surface area contributed by atoms with Crippen molar-refractivity contribution in [3.8, 4) is 5.75 Å². The van der Waals surface area contributed by atoms with Crippen LogP contribution in [0, 0.1) is 12.7 Å². The summed E-state index contributed by atoms with van der Waals surface area (Å²) in [5.74, 6) is -0.138. The van der Waals surface area contributed by atoms with Crippen molar-refractivity contribution in [2.75, 3.05) is 12.4 Å². The SMILES string of the molecule is COc1cccc2cc(C(=O)Nc3ccccn3)c(=Nc3ccc(C)cc3F)oc12. The van der Waals surface area contributed by atoms with E-state index in [4.69, 9.17) is 9.15 Å². The third-order valence-corrected chi connectivity index (χ3v) is 4.43. The van der Waals surface area contributed by atoms with E-state index in [1.807, 2.05) is 0 Å². The molecule has 0 aliphatic heterocycles. The molecule has 6 nitrogen and oxygen atoms in total. The van der Waals surface area contributed by atoms with Crippen molar-refractivity contribution in [1.82, 2.24) is 4.98 Å². The van der Waals surface area contributed by atoms with Gasteiger partial charge in [0.1, 0.15) is 22.9 Å². The lowest BCUT2D eigenvalue weighted by molar-refractivity contribution is 0.102. The second-order valence-corrected chi connectivity index (χ2v) is 6.58. The average Bonchev–Trinajstić information content (AvgIpc) is 2.75. The lowest BCUT2D eigenvalue weighted by atomic mass is 10.1. The van der Waals surface area contributed by atoms with Gasteiger partial charge in [0.05, 0.1) is 7.11 Å². The number of hydrogen-bond acceptors (Lipinski definition) is 5. The molecule has 2 aromatic heterocycles. The number of carbonyl (C=O) groups is 1. The second kappa shape index (κ2) is 8.16. The number of hydrogen-bond donors (Lipinski definition) is 1. The number of benzene rings is 2. The number of anilines is 1. The molecule has 1 amide bonds. The molecule has 0 bridgehead atoms. The molecule has 0 saturated carbocycles. The van der Waals surface area contributed by atoms with Crippen molar-refractivity contribution >= 4 is 28.4 Å². The fourth-order valence-corrected chi connectivity index (χ4v) is 2.96. The maximum atomic E-state index is 14.4. The molecule has 0 fully saturated rings. The Morgan fingerprint density at radius 2 is 2.00 bits per heavy atom. The van der Waals surface area contributed by atoms with E-state index in [9.17, 15) is 9.18 Å². The number of nitrogens with zero attached hydrogens (tertiary/aromatic N) is 2. The van der Waals surface area contributed by atoms with Crippen LogP contribution in [0.5, 0.6) is 5.75 Å². The summed E-state index contributed by atoms with van der Waals surface area (Å²) in [6.45, 7) is 1.78. The minimum atomic E-state index is -0.513. The normalized spacial score (nSPS) is 11.5. The van der Waals surface area contributed by atoms with Crippen molar-refractivity contribution in [3.05, 3.63) is 89.4 Å². The fraction of sp³-hybridized carbons (Fsp3) is 0.0870. The van der Waals surface area contributed by atoms with Gasteiger partial charge >= 0.3 is 0 Å². The zero-order valence-corrected chi connectivity index (χ0v) is 16.3. The number of rotatable bonds is 4. The maximum absolute atomic E-state index is 14.4. The summed E-state index contributed by atoms with van der Waals surface area (Å²) in [4.78, 5) is 21.4. The number of carbonyl (C=O) groups excluding carboxylic acids is 1. The van der Waals surface area contributed by atoms with Gasteiger partial charge in [0, 0.05) is 11.6 Å². The Morgan fingerprint density at radius 1 is 1.13 bits per heavy atom. The van der Waals surface area contributed by atoms with Crippen LogP contribution in [0.25, 0.3) is 11.0 Å². The molecular formula is C23H18FN3O3. The number of ether oxygens (including phenoxy) is 1. The standard InChI is InChI=1S/C23H18FN3O3/c1-14-9-10-18(17(24)12-14)26-23-16(22(28)27-20-8-3-4-11-25-20)13-15-6-5-7-19(29-2)21(15)30-23/h3-13H,1-2H3,(H,25,27,28). The molecule has 0 spiro atoms. The van der Waals surface area contributed by atoms with Crippen molar-refractivity contribution in [3.63, 3.8) is 0 Å². The van der Waals surface area contributed by atoms with Gasteiger partial charge in [0.25, 0.3) is 5.91 Å². The van der Waals surface area contributed by atoms with Crippen LogP contribution >= 0.6 is 0 Å². The Morgan fingerprint density at radius 3 is 2.73 bits per heavy atom. The lowest BCUT2D eigenvalue weighted by Crippen LogP contribution is -2.22. The van der Waals surface area contributed by atoms with Gasteiger partial charge in [-0.05, 0) is 48.9 Å². The number of pyridine rings is 1. The Bertz CT molecular complexity index is 1300. The van der Waals surface area contributed by atoms with E-state index in [1.165, 1.54) is 19.2 Å². The molecule has 0 unspecified atom stereocenters. The maximum Gasteiger partial charge on any atom is 0.262 e. The molecule has 4 aromatic rings. The topological polar surface area (TPSA) is 76.7 Å². The zero-order chi connectivity index (χ0) is 21.1. The summed E-state index contributed by atoms with van der Waals surface area (Å²) < 4.78 is 25.7. The van der Waals surface area contributed by atoms with Crippen LogP contribution < -0.4 is 15.6 Å². The van der Waals surface area contributed by atoms with E-state index in [0.717, 1.165) is 5.56 Å². The first kappa shape index (κ1) is 19.3. The monoisotopic (exact) mass is 403 g/mol. The summed E-state index contributed by atoms with van der Waals surface area (Å²) in [6, 6.07) is 16.7. The Kier molecular flexibility index (Phi) is 5.26. The van der Waals surface area contributed by atoms with Gasteiger partial charge in [-0.1, -0.05) is 24.3 Å². The molecule has 0 aliphatic carbocycles. The lowest BCUT2D eigenvalue weighted by Gasteiger charge is -2.08. The number of amides is 1. The number of halogens is 1. The van der Waals surface area contributed by atoms with Crippen LogP contribution in [0.1, 0.15) is 15.9 Å². The molecule has 2 heterocycles. The van der Waals surface area contributed by atoms with Crippen LogP contribution in [0.2, 0.25) is 0 Å². The van der Waals surface area contributed by atoms with Crippen molar-refractivity contribution < 1.29 is 18.3 Å². The van der Waals surface area contributed by atoms with Crippen molar-refractivity contribution in [2.24, 2.45) is 4.99 Å². The third-order valence-electron chi connectivity index (χ3n) is 4.43. The highest BCUT2D eigenvalue weighted by molar-refractivity contribution is 6.05. The predicted octanol–water partition coefficient (Wildman–Crippen LogP) is 4.77. The molecule has 4 rings (SSSR count). The molecular weight excluding hydrogens is 385 g/mol. The average molecular weight is 403 g/mol. The van der Waals surface area contributed by atoms with Gasteiger partial charge in [-0.3, -0.25) is 4.79 Å². The Balaban J connectivity index is 1.92. The van der Waals surface area contributed by atoms with Crippen LogP contribution in [0.4, 0.5) is 15.9 Å². The largest absolute Gasteiger partial charge is 0.493 e. The number of para-hydroxylation sites is 1. The van der Waals surface area contributed by atoms with Crippen LogP contribution in [0.3, 0.4) is 0 Å². The summed E-state index contributed by atoms with van der Waals surface area (Å²) in [7, 11) is 1.52. The predicted molar refractivity (Wildman–Crippen MR) is 111 cm³/mol. The summed E-state index contributed by atoms with van der Waals surface area (Å²) in [6.07, 6.45) is 1.57. The first-order chi connectivity index (χ1) is 14.5. The van der Waals surface area contributed by atoms with E-state index < -0.39 is 11.7 Å².